The molecule has 0 bridgehead atoms. The van der Waals surface area contributed by atoms with E-state index in [0.29, 0.717) is 11.7 Å². The SMILES string of the molecule is CC(C)=CCC[C@@H](C)c1ccc(CO)cc1O. The van der Waals surface area contributed by atoms with Gasteiger partial charge in [-0.3, -0.25) is 0 Å². The number of phenolic OH excluding ortho intramolecular Hbond substituents is 1. The third-order valence-corrected chi connectivity index (χ3v) is 2.96. The minimum absolute atomic E-state index is 0.0278. The molecule has 0 aliphatic rings. The summed E-state index contributed by atoms with van der Waals surface area (Å²) in [4.78, 5) is 0. The Labute approximate surface area is 104 Å². The van der Waals surface area contributed by atoms with Gasteiger partial charge in [-0.05, 0) is 49.8 Å². The number of aliphatic hydroxyl groups is 1. The molecule has 2 heteroatoms. The third kappa shape index (κ3) is 4.23. The second-order valence-electron chi connectivity index (χ2n) is 4.81. The number of hydrogen-bond acceptors (Lipinski definition) is 2. The van der Waals surface area contributed by atoms with Gasteiger partial charge in [0.25, 0.3) is 0 Å². The second-order valence-corrected chi connectivity index (χ2v) is 4.81. The molecule has 1 aromatic carbocycles. The highest BCUT2D eigenvalue weighted by Crippen LogP contribution is 2.29. The van der Waals surface area contributed by atoms with E-state index < -0.39 is 0 Å². The molecule has 2 N–H and O–H groups in total. The number of rotatable bonds is 5. The van der Waals surface area contributed by atoms with E-state index in [0.717, 1.165) is 24.0 Å². The minimum atomic E-state index is -0.0278. The van der Waals surface area contributed by atoms with Crippen molar-refractivity contribution >= 4 is 0 Å². The van der Waals surface area contributed by atoms with Crippen LogP contribution in [0.3, 0.4) is 0 Å². The minimum Gasteiger partial charge on any atom is -0.508 e. The van der Waals surface area contributed by atoms with Crippen LogP contribution in [-0.2, 0) is 6.61 Å². The van der Waals surface area contributed by atoms with Gasteiger partial charge < -0.3 is 10.2 Å². The predicted octanol–water partition coefficient (Wildman–Crippen LogP) is 3.73. The molecule has 2 nitrogen and oxygen atoms in total. The first-order chi connectivity index (χ1) is 8.04. The molecule has 0 saturated carbocycles. The van der Waals surface area contributed by atoms with Crippen molar-refractivity contribution in [3.63, 3.8) is 0 Å². The van der Waals surface area contributed by atoms with Crippen molar-refractivity contribution < 1.29 is 10.2 Å². The van der Waals surface area contributed by atoms with Gasteiger partial charge in [0.2, 0.25) is 0 Å². The van der Waals surface area contributed by atoms with Crippen molar-refractivity contribution in [2.24, 2.45) is 0 Å². The maximum Gasteiger partial charge on any atom is 0.119 e. The zero-order valence-electron chi connectivity index (χ0n) is 10.9. The van der Waals surface area contributed by atoms with E-state index in [-0.39, 0.29) is 6.61 Å². The Kier molecular flexibility index (Phi) is 5.23. The van der Waals surface area contributed by atoms with E-state index in [2.05, 4.69) is 26.8 Å². The summed E-state index contributed by atoms with van der Waals surface area (Å²) < 4.78 is 0. The van der Waals surface area contributed by atoms with E-state index in [1.54, 1.807) is 6.07 Å². The van der Waals surface area contributed by atoms with Gasteiger partial charge in [-0.2, -0.15) is 0 Å². The fraction of sp³-hybridized carbons (Fsp3) is 0.467. The van der Waals surface area contributed by atoms with Gasteiger partial charge in [-0.25, -0.2) is 0 Å². The summed E-state index contributed by atoms with van der Waals surface area (Å²) in [5.74, 6) is 0.625. The van der Waals surface area contributed by atoms with Crippen LogP contribution in [0.4, 0.5) is 0 Å². The second kappa shape index (κ2) is 6.45. The molecular formula is C15H22O2. The molecule has 1 atom stereocenters. The molecule has 17 heavy (non-hydrogen) atoms. The van der Waals surface area contributed by atoms with Crippen molar-refractivity contribution in [2.45, 2.75) is 46.1 Å². The highest BCUT2D eigenvalue weighted by atomic mass is 16.3. The van der Waals surface area contributed by atoms with E-state index >= 15 is 0 Å². The Morgan fingerprint density at radius 2 is 2.06 bits per heavy atom. The molecular weight excluding hydrogens is 212 g/mol. The average Bonchev–Trinajstić information content (AvgIpc) is 2.28. The average molecular weight is 234 g/mol. The van der Waals surface area contributed by atoms with E-state index in [4.69, 9.17) is 5.11 Å². The van der Waals surface area contributed by atoms with Crippen LogP contribution < -0.4 is 0 Å². The Morgan fingerprint density at radius 1 is 1.35 bits per heavy atom. The van der Waals surface area contributed by atoms with Crippen molar-refractivity contribution in [1.82, 2.24) is 0 Å². The van der Waals surface area contributed by atoms with Gasteiger partial charge in [0, 0.05) is 0 Å². The van der Waals surface area contributed by atoms with Crippen molar-refractivity contribution in [3.8, 4) is 5.75 Å². The monoisotopic (exact) mass is 234 g/mol. The molecule has 1 aromatic rings. The van der Waals surface area contributed by atoms with E-state index in [1.165, 1.54) is 5.57 Å². The molecule has 0 aromatic heterocycles. The quantitative estimate of drug-likeness (QED) is 0.762. The lowest BCUT2D eigenvalue weighted by Crippen LogP contribution is -1.95. The van der Waals surface area contributed by atoms with Gasteiger partial charge >= 0.3 is 0 Å². The maximum absolute atomic E-state index is 9.87. The molecule has 0 fully saturated rings. The smallest absolute Gasteiger partial charge is 0.119 e. The zero-order valence-corrected chi connectivity index (χ0v) is 10.9. The number of phenols is 1. The highest BCUT2D eigenvalue weighted by molar-refractivity contribution is 5.38. The van der Waals surface area contributed by atoms with Crippen molar-refractivity contribution in [3.05, 3.63) is 41.0 Å². The fourth-order valence-electron chi connectivity index (χ4n) is 1.88. The Bertz CT molecular complexity index is 390. The van der Waals surface area contributed by atoms with Crippen molar-refractivity contribution in [1.29, 1.82) is 0 Å². The first kappa shape index (κ1) is 13.8. The van der Waals surface area contributed by atoms with Gasteiger partial charge in [0.05, 0.1) is 6.61 Å². The van der Waals surface area contributed by atoms with E-state index in [9.17, 15) is 5.11 Å². The maximum atomic E-state index is 9.87. The van der Waals surface area contributed by atoms with Crippen LogP contribution in [0.15, 0.2) is 29.8 Å². The van der Waals surface area contributed by atoms with E-state index in [1.807, 2.05) is 12.1 Å². The standard InChI is InChI=1S/C15H22O2/c1-11(2)5-4-6-12(3)14-8-7-13(10-16)9-15(14)17/h5,7-9,12,16-17H,4,6,10H2,1-3H3/t12-/m1/s1. The Hall–Kier alpha value is -1.28. The van der Waals surface area contributed by atoms with Crippen LogP contribution in [0, 0.1) is 0 Å². The molecule has 94 valence electrons. The summed E-state index contributed by atoms with van der Waals surface area (Å²) in [6.07, 6.45) is 4.28. The lowest BCUT2D eigenvalue weighted by Gasteiger charge is -2.13. The first-order valence-corrected chi connectivity index (χ1v) is 6.10. The fourth-order valence-corrected chi connectivity index (χ4v) is 1.88. The number of aliphatic hydroxyl groups excluding tert-OH is 1. The number of benzene rings is 1. The normalized spacial score (nSPS) is 12.2. The summed E-state index contributed by atoms with van der Waals surface area (Å²) in [5, 5.41) is 18.9. The lowest BCUT2D eigenvalue weighted by molar-refractivity contribution is 0.281. The van der Waals surface area contributed by atoms with Gasteiger partial charge in [0.1, 0.15) is 5.75 Å². The predicted molar refractivity (Wildman–Crippen MR) is 71.1 cm³/mol. The molecule has 0 spiro atoms. The summed E-state index contributed by atoms with van der Waals surface area (Å²) >= 11 is 0. The number of hydrogen-bond donors (Lipinski definition) is 2. The van der Waals surface area contributed by atoms with Crippen molar-refractivity contribution in [2.75, 3.05) is 0 Å². The van der Waals surface area contributed by atoms with Crippen LogP contribution in [-0.4, -0.2) is 10.2 Å². The molecule has 0 aliphatic heterocycles. The summed E-state index contributed by atoms with van der Waals surface area (Å²) in [6.45, 7) is 6.28. The number of allylic oxidation sites excluding steroid dienone is 2. The molecule has 1 rings (SSSR count). The summed E-state index contributed by atoms with van der Waals surface area (Å²) in [7, 11) is 0. The van der Waals surface area contributed by atoms with Crippen LogP contribution in [0.5, 0.6) is 5.75 Å². The lowest BCUT2D eigenvalue weighted by atomic mass is 9.94. The van der Waals surface area contributed by atoms with Gasteiger partial charge in [0.15, 0.2) is 0 Å². The highest BCUT2D eigenvalue weighted by Gasteiger charge is 2.10. The van der Waals surface area contributed by atoms with Crippen LogP contribution in [0.2, 0.25) is 0 Å². The third-order valence-electron chi connectivity index (χ3n) is 2.96. The summed E-state index contributed by atoms with van der Waals surface area (Å²) in [6, 6.07) is 5.42. The van der Waals surface area contributed by atoms with Crippen LogP contribution >= 0.6 is 0 Å². The largest absolute Gasteiger partial charge is 0.508 e. The molecule has 0 unspecified atom stereocenters. The Morgan fingerprint density at radius 3 is 2.59 bits per heavy atom. The van der Waals surface area contributed by atoms with Gasteiger partial charge in [-0.1, -0.05) is 30.7 Å². The summed E-state index contributed by atoms with van der Waals surface area (Å²) in [5.41, 5.74) is 3.05. The molecule has 0 amide bonds. The first-order valence-electron chi connectivity index (χ1n) is 6.10. The molecule has 0 radical (unpaired) electrons. The van der Waals surface area contributed by atoms with Gasteiger partial charge in [-0.15, -0.1) is 0 Å². The molecule has 0 saturated heterocycles. The Balaban J connectivity index is 2.68. The van der Waals surface area contributed by atoms with Crippen LogP contribution in [0.25, 0.3) is 0 Å². The molecule has 0 aliphatic carbocycles. The number of aromatic hydroxyl groups is 1. The van der Waals surface area contributed by atoms with Crippen LogP contribution in [0.1, 0.15) is 50.7 Å². The molecule has 0 heterocycles. The zero-order chi connectivity index (χ0) is 12.8. The topological polar surface area (TPSA) is 40.5 Å².